The smallest absolute Gasteiger partial charge is 0.235 e. The molecule has 0 aromatic heterocycles. The first-order valence-corrected chi connectivity index (χ1v) is 7.79. The fraction of sp³-hybridized carbons (Fsp3) is 0.533. The number of amides is 1. The largest absolute Gasteiger partial charge is 0.383 e. The molecule has 1 aliphatic rings. The van der Waals surface area contributed by atoms with Gasteiger partial charge >= 0.3 is 0 Å². The average molecular weight is 294 g/mol. The molecule has 1 saturated heterocycles. The molecule has 0 bridgehead atoms. The lowest BCUT2D eigenvalue weighted by Gasteiger charge is -2.11. The topological polar surface area (TPSA) is 41.6 Å². The Bertz CT molecular complexity index is 453. The van der Waals surface area contributed by atoms with Crippen LogP contribution in [0.15, 0.2) is 29.2 Å². The van der Waals surface area contributed by atoms with Crippen LogP contribution in [0, 0.1) is 0 Å². The van der Waals surface area contributed by atoms with Crippen molar-refractivity contribution in [2.75, 3.05) is 33.9 Å². The highest BCUT2D eigenvalue weighted by Gasteiger charge is 2.29. The number of likely N-dealkylation sites (tertiary alicyclic amines) is 1. The third-order valence-corrected chi connectivity index (χ3v) is 4.62. The molecule has 1 aliphatic heterocycles. The quantitative estimate of drug-likeness (QED) is 0.778. The van der Waals surface area contributed by atoms with Gasteiger partial charge in [-0.3, -0.25) is 4.79 Å². The van der Waals surface area contributed by atoms with Crippen LogP contribution in [0.2, 0.25) is 0 Å². The Morgan fingerprint density at radius 1 is 1.50 bits per heavy atom. The van der Waals surface area contributed by atoms with Crippen molar-refractivity contribution >= 4 is 17.7 Å². The zero-order chi connectivity index (χ0) is 14.4. The maximum Gasteiger partial charge on any atom is 0.235 e. The van der Waals surface area contributed by atoms with Crippen molar-refractivity contribution in [1.29, 1.82) is 0 Å². The van der Waals surface area contributed by atoms with Gasteiger partial charge in [-0.2, -0.15) is 0 Å². The van der Waals surface area contributed by atoms with E-state index in [0.717, 1.165) is 32.7 Å². The lowest BCUT2D eigenvalue weighted by molar-refractivity contribution is -0.126. The van der Waals surface area contributed by atoms with Crippen molar-refractivity contribution in [2.45, 2.75) is 23.1 Å². The maximum absolute atomic E-state index is 11.9. The monoisotopic (exact) mass is 294 g/mol. The van der Waals surface area contributed by atoms with Crippen LogP contribution in [0.1, 0.15) is 12.0 Å². The minimum atomic E-state index is 0.0803. The summed E-state index contributed by atoms with van der Waals surface area (Å²) in [5.41, 5.74) is 1.24. The second kappa shape index (κ2) is 7.67. The Hall–Kier alpha value is -1.04. The first kappa shape index (κ1) is 15.4. The number of methoxy groups -OCH3 is 1. The van der Waals surface area contributed by atoms with E-state index in [1.165, 1.54) is 10.5 Å². The Kier molecular flexibility index (Phi) is 5.88. The van der Waals surface area contributed by atoms with Crippen molar-refractivity contribution in [3.05, 3.63) is 29.8 Å². The second-order valence-electron chi connectivity index (χ2n) is 4.97. The number of ether oxygens (including phenoxy) is 1. The summed E-state index contributed by atoms with van der Waals surface area (Å²) in [6.45, 7) is 3.27. The predicted octanol–water partition coefficient (Wildman–Crippen LogP) is 1.75. The van der Waals surface area contributed by atoms with Gasteiger partial charge in [-0.05, 0) is 24.1 Å². The number of nitrogens with zero attached hydrogens (tertiary/aromatic N) is 1. The zero-order valence-corrected chi connectivity index (χ0v) is 12.9. The molecule has 1 atom stereocenters. The highest BCUT2D eigenvalue weighted by Crippen LogP contribution is 2.30. The van der Waals surface area contributed by atoms with E-state index in [1.54, 1.807) is 18.9 Å². The number of carbonyl (C=O) groups excluding carboxylic acids is 1. The van der Waals surface area contributed by atoms with E-state index < -0.39 is 0 Å². The molecule has 110 valence electrons. The number of hydrogen-bond acceptors (Lipinski definition) is 4. The van der Waals surface area contributed by atoms with E-state index in [9.17, 15) is 4.79 Å². The number of rotatable bonds is 7. The van der Waals surface area contributed by atoms with E-state index in [0.29, 0.717) is 0 Å². The minimum Gasteiger partial charge on any atom is -0.383 e. The Balaban J connectivity index is 1.87. The van der Waals surface area contributed by atoms with Crippen LogP contribution in [0.3, 0.4) is 0 Å². The average Bonchev–Trinajstić information content (AvgIpc) is 2.76. The molecule has 0 aliphatic carbocycles. The molecule has 4 nitrogen and oxygen atoms in total. The first-order chi connectivity index (χ1) is 9.70. The summed E-state index contributed by atoms with van der Waals surface area (Å²) in [6.07, 6.45) is 0.941. The molecule has 1 N–H and O–H groups in total. The SMILES string of the molecule is COCCNCc1cccc(SC2CCN(C)C2=O)c1. The molecule has 1 unspecified atom stereocenters. The summed E-state index contributed by atoms with van der Waals surface area (Å²) < 4.78 is 5.01. The van der Waals surface area contributed by atoms with Crippen molar-refractivity contribution < 1.29 is 9.53 Å². The summed E-state index contributed by atoms with van der Waals surface area (Å²) in [4.78, 5) is 14.9. The van der Waals surface area contributed by atoms with Gasteiger partial charge in [-0.15, -0.1) is 11.8 Å². The number of thioether (sulfide) groups is 1. The van der Waals surface area contributed by atoms with Crippen LogP contribution in [-0.2, 0) is 16.1 Å². The lowest BCUT2D eigenvalue weighted by atomic mass is 10.2. The third-order valence-electron chi connectivity index (χ3n) is 3.37. The molecule has 1 amide bonds. The third kappa shape index (κ3) is 4.23. The van der Waals surface area contributed by atoms with Crippen LogP contribution in [-0.4, -0.2) is 49.9 Å². The van der Waals surface area contributed by atoms with Crippen molar-refractivity contribution in [3.8, 4) is 0 Å². The molecule has 20 heavy (non-hydrogen) atoms. The fourth-order valence-corrected chi connectivity index (χ4v) is 3.41. The lowest BCUT2D eigenvalue weighted by Crippen LogP contribution is -2.23. The van der Waals surface area contributed by atoms with E-state index in [2.05, 4.69) is 29.6 Å². The summed E-state index contributed by atoms with van der Waals surface area (Å²) >= 11 is 1.68. The molecule has 0 spiro atoms. The van der Waals surface area contributed by atoms with Crippen LogP contribution >= 0.6 is 11.8 Å². The normalized spacial score (nSPS) is 18.8. The zero-order valence-electron chi connectivity index (χ0n) is 12.1. The Morgan fingerprint density at radius 2 is 2.35 bits per heavy atom. The molecule has 1 aromatic carbocycles. The predicted molar refractivity (Wildman–Crippen MR) is 81.9 cm³/mol. The number of benzene rings is 1. The van der Waals surface area contributed by atoms with E-state index >= 15 is 0 Å². The summed E-state index contributed by atoms with van der Waals surface area (Å²) in [5, 5.41) is 3.41. The van der Waals surface area contributed by atoms with Gasteiger partial charge in [0.15, 0.2) is 0 Å². The van der Waals surface area contributed by atoms with Gasteiger partial charge in [0, 0.05) is 38.7 Å². The van der Waals surface area contributed by atoms with Crippen molar-refractivity contribution in [3.63, 3.8) is 0 Å². The van der Waals surface area contributed by atoms with E-state index in [4.69, 9.17) is 4.74 Å². The van der Waals surface area contributed by atoms with Crippen LogP contribution in [0.5, 0.6) is 0 Å². The molecule has 5 heteroatoms. The number of nitrogens with one attached hydrogen (secondary N) is 1. The molecule has 1 heterocycles. The highest BCUT2D eigenvalue weighted by atomic mass is 32.2. The molecule has 2 rings (SSSR count). The highest BCUT2D eigenvalue weighted by molar-refractivity contribution is 8.00. The fourth-order valence-electron chi connectivity index (χ4n) is 2.20. The summed E-state index contributed by atoms with van der Waals surface area (Å²) in [7, 11) is 3.58. The standard InChI is InChI=1S/C15H22N2O2S/c1-17-8-6-14(15(17)18)20-13-5-3-4-12(10-13)11-16-7-9-19-2/h3-5,10,14,16H,6-9,11H2,1-2H3. The molecular formula is C15H22N2O2S. The van der Waals surface area contributed by atoms with Crippen LogP contribution in [0.4, 0.5) is 0 Å². The van der Waals surface area contributed by atoms with Gasteiger partial charge in [0.2, 0.25) is 5.91 Å². The molecule has 0 radical (unpaired) electrons. The molecule has 1 aromatic rings. The van der Waals surface area contributed by atoms with Crippen molar-refractivity contribution in [2.24, 2.45) is 0 Å². The second-order valence-corrected chi connectivity index (χ2v) is 6.25. The van der Waals surface area contributed by atoms with Crippen LogP contribution in [0.25, 0.3) is 0 Å². The molecular weight excluding hydrogens is 272 g/mol. The van der Waals surface area contributed by atoms with Gasteiger partial charge in [0.1, 0.15) is 0 Å². The van der Waals surface area contributed by atoms with Crippen LogP contribution < -0.4 is 5.32 Å². The minimum absolute atomic E-state index is 0.0803. The van der Waals surface area contributed by atoms with Gasteiger partial charge in [0.05, 0.1) is 11.9 Å². The van der Waals surface area contributed by atoms with E-state index in [1.807, 2.05) is 11.9 Å². The van der Waals surface area contributed by atoms with E-state index in [-0.39, 0.29) is 11.2 Å². The number of hydrogen-bond donors (Lipinski definition) is 1. The van der Waals surface area contributed by atoms with Gasteiger partial charge in [0.25, 0.3) is 0 Å². The first-order valence-electron chi connectivity index (χ1n) is 6.91. The van der Waals surface area contributed by atoms with Gasteiger partial charge in [-0.1, -0.05) is 12.1 Å². The molecule has 0 saturated carbocycles. The van der Waals surface area contributed by atoms with Crippen molar-refractivity contribution in [1.82, 2.24) is 10.2 Å². The van der Waals surface area contributed by atoms with Gasteiger partial charge in [-0.25, -0.2) is 0 Å². The Morgan fingerprint density at radius 3 is 3.05 bits per heavy atom. The summed E-state index contributed by atoms with van der Waals surface area (Å²) in [5.74, 6) is 0.249. The summed E-state index contributed by atoms with van der Waals surface area (Å²) in [6, 6.07) is 8.40. The van der Waals surface area contributed by atoms with Gasteiger partial charge < -0.3 is 15.0 Å². The maximum atomic E-state index is 11.9. The number of carbonyl (C=O) groups is 1. The molecule has 1 fully saturated rings. The Labute approximate surface area is 124 Å².